The van der Waals surface area contributed by atoms with Crippen molar-refractivity contribution < 1.29 is 14.4 Å². The first-order valence-corrected chi connectivity index (χ1v) is 17.5. The lowest BCUT2D eigenvalue weighted by atomic mass is 9.81. The van der Waals surface area contributed by atoms with Crippen LogP contribution < -0.4 is 21.7 Å². The summed E-state index contributed by atoms with van der Waals surface area (Å²) in [5, 5.41) is 23.0. The summed E-state index contributed by atoms with van der Waals surface area (Å²) in [6.07, 6.45) is 3.66. The molecule has 264 valence electrons. The molecule has 4 aromatic rings. The van der Waals surface area contributed by atoms with Crippen molar-refractivity contribution in [3.8, 4) is 22.5 Å². The largest absolute Gasteiger partial charge is 0.349 e. The molecule has 0 bridgehead atoms. The van der Waals surface area contributed by atoms with Gasteiger partial charge in [-0.15, -0.1) is 10.2 Å². The fourth-order valence-corrected chi connectivity index (χ4v) is 6.38. The van der Waals surface area contributed by atoms with Gasteiger partial charge in [-0.25, -0.2) is 4.98 Å². The summed E-state index contributed by atoms with van der Waals surface area (Å²) in [5.74, 6) is 0.146. The first-order valence-electron chi connectivity index (χ1n) is 17.5. The summed E-state index contributed by atoms with van der Waals surface area (Å²) in [6.45, 7) is 9.96. The molecule has 0 spiro atoms. The number of hydrogen-bond acceptors (Lipinski definition) is 9. The van der Waals surface area contributed by atoms with Crippen molar-refractivity contribution in [2.45, 2.75) is 58.9 Å². The summed E-state index contributed by atoms with van der Waals surface area (Å²) in [4.78, 5) is 46.6. The number of likely N-dealkylation sites (N-methyl/N-ethyl adjacent to an activating group) is 1. The number of anilines is 1. The van der Waals surface area contributed by atoms with Gasteiger partial charge >= 0.3 is 0 Å². The van der Waals surface area contributed by atoms with Gasteiger partial charge in [-0.1, -0.05) is 44.2 Å². The number of tetrazole rings is 1. The van der Waals surface area contributed by atoms with Crippen LogP contribution in [0.4, 0.5) is 5.69 Å². The summed E-state index contributed by atoms with van der Waals surface area (Å²) in [5.41, 5.74) is 11.1. The third-order valence-electron chi connectivity index (χ3n) is 9.57. The number of aromatic amines is 1. The van der Waals surface area contributed by atoms with E-state index in [1.807, 2.05) is 37.3 Å². The third-order valence-corrected chi connectivity index (χ3v) is 9.57. The van der Waals surface area contributed by atoms with E-state index in [1.54, 1.807) is 30.3 Å². The Balaban J connectivity index is 1.26. The van der Waals surface area contributed by atoms with E-state index >= 15 is 0 Å². The molecule has 1 unspecified atom stereocenters. The number of rotatable bonds is 15. The lowest BCUT2D eigenvalue weighted by molar-refractivity contribution is -0.130. The van der Waals surface area contributed by atoms with Gasteiger partial charge in [0.25, 0.3) is 5.91 Å². The molecular formula is C37H48N10O3. The maximum Gasteiger partial charge on any atom is 0.269 e. The number of nitrogens with one attached hydrogen (secondary N) is 4. The van der Waals surface area contributed by atoms with Crippen LogP contribution in [0.25, 0.3) is 22.5 Å². The number of aryl methyl sites for hydroxylation is 1. The molecular weight excluding hydrogens is 632 g/mol. The van der Waals surface area contributed by atoms with Gasteiger partial charge in [0.15, 0.2) is 0 Å². The normalized spacial score (nSPS) is 16.5. The molecule has 5 rings (SSSR count). The van der Waals surface area contributed by atoms with Crippen LogP contribution in [0.1, 0.15) is 61.3 Å². The van der Waals surface area contributed by atoms with Gasteiger partial charge in [-0.05, 0) is 105 Å². The molecule has 2 aromatic heterocycles. The number of carbonyl (C=O) groups is 3. The minimum Gasteiger partial charge on any atom is -0.349 e. The lowest BCUT2D eigenvalue weighted by Crippen LogP contribution is -2.48. The average Bonchev–Trinajstić information content (AvgIpc) is 3.69. The fraction of sp³-hybridized carbons (Fsp3) is 0.432. The minimum atomic E-state index is -0.791. The lowest BCUT2D eigenvalue weighted by Gasteiger charge is -2.28. The zero-order valence-corrected chi connectivity index (χ0v) is 29.1. The molecule has 13 heteroatoms. The molecule has 1 aliphatic carbocycles. The molecule has 0 radical (unpaired) electrons. The van der Waals surface area contributed by atoms with Gasteiger partial charge in [0.05, 0.1) is 0 Å². The molecule has 13 nitrogen and oxygen atoms in total. The first kappa shape index (κ1) is 36.3. The van der Waals surface area contributed by atoms with Gasteiger partial charge in [0, 0.05) is 47.9 Å². The van der Waals surface area contributed by atoms with E-state index in [0.717, 1.165) is 73.3 Å². The Hall–Kier alpha value is -5.01. The Morgan fingerprint density at radius 1 is 0.940 bits per heavy atom. The van der Waals surface area contributed by atoms with E-state index in [0.29, 0.717) is 42.6 Å². The number of pyridine rings is 1. The van der Waals surface area contributed by atoms with E-state index < -0.39 is 6.04 Å². The number of amides is 3. The Morgan fingerprint density at radius 3 is 2.26 bits per heavy atom. The smallest absolute Gasteiger partial charge is 0.269 e. The van der Waals surface area contributed by atoms with Crippen LogP contribution in [-0.2, 0) is 16.0 Å². The fourth-order valence-electron chi connectivity index (χ4n) is 6.38. The number of carbonyl (C=O) groups excluding carboxylic acids is 3. The Bertz CT molecular complexity index is 1700. The second-order valence-corrected chi connectivity index (χ2v) is 12.8. The van der Waals surface area contributed by atoms with Crippen molar-refractivity contribution in [3.63, 3.8) is 0 Å². The van der Waals surface area contributed by atoms with Crippen molar-refractivity contribution in [1.82, 2.24) is 41.1 Å². The van der Waals surface area contributed by atoms with Crippen LogP contribution in [0.5, 0.6) is 0 Å². The van der Waals surface area contributed by atoms with E-state index in [2.05, 4.69) is 60.3 Å². The number of nitrogens with two attached hydrogens (primary N) is 1. The van der Waals surface area contributed by atoms with Crippen LogP contribution in [-0.4, -0.2) is 87.0 Å². The number of H-pyrrole nitrogens is 1. The van der Waals surface area contributed by atoms with Gasteiger partial charge in [-0.3, -0.25) is 14.4 Å². The third kappa shape index (κ3) is 9.57. The van der Waals surface area contributed by atoms with Gasteiger partial charge in [-0.2, -0.15) is 5.21 Å². The zero-order chi connectivity index (χ0) is 35.5. The molecule has 50 heavy (non-hydrogen) atoms. The van der Waals surface area contributed by atoms with E-state index in [9.17, 15) is 14.4 Å². The molecule has 1 saturated carbocycles. The van der Waals surface area contributed by atoms with Crippen molar-refractivity contribution in [2.24, 2.45) is 17.6 Å². The topological polar surface area (TPSA) is 184 Å². The number of hydrogen-bond donors (Lipinski definition) is 5. The van der Waals surface area contributed by atoms with Crippen molar-refractivity contribution >= 4 is 23.4 Å². The van der Waals surface area contributed by atoms with Crippen molar-refractivity contribution in [3.05, 3.63) is 77.6 Å². The number of aromatic nitrogens is 5. The highest BCUT2D eigenvalue weighted by Gasteiger charge is 2.29. The van der Waals surface area contributed by atoms with Gasteiger partial charge in [0.1, 0.15) is 11.7 Å². The minimum absolute atomic E-state index is 0.108. The summed E-state index contributed by atoms with van der Waals surface area (Å²) >= 11 is 0. The highest BCUT2D eigenvalue weighted by molar-refractivity contribution is 5.98. The predicted molar refractivity (Wildman–Crippen MR) is 193 cm³/mol. The number of benzene rings is 2. The van der Waals surface area contributed by atoms with Crippen molar-refractivity contribution in [1.29, 1.82) is 0 Å². The van der Waals surface area contributed by atoms with Gasteiger partial charge < -0.3 is 26.6 Å². The first-order chi connectivity index (χ1) is 24.3. The van der Waals surface area contributed by atoms with Gasteiger partial charge in [0.2, 0.25) is 17.6 Å². The Labute approximate surface area is 293 Å². The summed E-state index contributed by atoms with van der Waals surface area (Å²) in [7, 11) is 0. The van der Waals surface area contributed by atoms with Crippen LogP contribution in [0.15, 0.2) is 60.7 Å². The Kier molecular flexibility index (Phi) is 12.8. The zero-order valence-electron chi connectivity index (χ0n) is 29.1. The second kappa shape index (κ2) is 17.6. The SMILES string of the molecule is CCN(CC)CCNC(=O)c1ccc(-c2ccc(CC(NC(=O)C3CCC(CN)CC3)C(=O)Nc3ccc(-c4nn[nH]n4)cc3)cc2)c(C)n1. The molecule has 1 aliphatic rings. The number of nitrogens with zero attached hydrogens (tertiary/aromatic N) is 5. The maximum atomic E-state index is 13.7. The standard InChI is InChI=1S/C37H48N10O3/c1-4-47(5-2)21-20-39-36(49)32-19-18-31(24(3)40-32)27-10-6-25(7-11-27)22-33(42-35(48)29-12-8-26(23-38)9-13-29)37(50)41-30-16-14-28(15-17-30)34-43-45-46-44-34/h6-7,10-11,14-19,26,29,33H,4-5,8-9,12-13,20-23,38H2,1-3H3,(H,39,49)(H,41,50)(H,42,48)(H,43,44,45,46). The molecule has 1 atom stereocenters. The highest BCUT2D eigenvalue weighted by Crippen LogP contribution is 2.29. The maximum absolute atomic E-state index is 13.7. The van der Waals surface area contributed by atoms with Crippen molar-refractivity contribution in [2.75, 3.05) is 38.0 Å². The van der Waals surface area contributed by atoms with E-state index in [-0.39, 0.29) is 23.6 Å². The van der Waals surface area contributed by atoms with Crippen LogP contribution in [0, 0.1) is 18.8 Å². The monoisotopic (exact) mass is 680 g/mol. The van der Waals surface area contributed by atoms with E-state index in [4.69, 9.17) is 5.73 Å². The quantitative estimate of drug-likeness (QED) is 0.125. The summed E-state index contributed by atoms with van der Waals surface area (Å²) < 4.78 is 0. The predicted octanol–water partition coefficient (Wildman–Crippen LogP) is 3.74. The summed E-state index contributed by atoms with van der Waals surface area (Å²) in [6, 6.07) is 17.9. The molecule has 0 aliphatic heterocycles. The van der Waals surface area contributed by atoms with Crippen LogP contribution >= 0.6 is 0 Å². The van der Waals surface area contributed by atoms with Crippen LogP contribution in [0.2, 0.25) is 0 Å². The molecule has 1 fully saturated rings. The van der Waals surface area contributed by atoms with Crippen LogP contribution in [0.3, 0.4) is 0 Å². The second-order valence-electron chi connectivity index (χ2n) is 12.8. The molecule has 3 amide bonds. The molecule has 2 aromatic carbocycles. The molecule has 0 saturated heterocycles. The molecule has 2 heterocycles. The molecule has 6 N–H and O–H groups in total. The Morgan fingerprint density at radius 2 is 1.64 bits per heavy atom. The highest BCUT2D eigenvalue weighted by atomic mass is 16.2. The van der Waals surface area contributed by atoms with E-state index in [1.165, 1.54) is 0 Å². The average molecular weight is 681 g/mol.